The van der Waals surface area contributed by atoms with Crippen molar-refractivity contribution < 1.29 is 17.1 Å². The van der Waals surface area contributed by atoms with Crippen LogP contribution in [-0.4, -0.2) is 29.3 Å². The molecule has 0 aliphatic rings. The van der Waals surface area contributed by atoms with Crippen molar-refractivity contribution in [1.29, 1.82) is 0 Å². The summed E-state index contributed by atoms with van der Waals surface area (Å²) in [6, 6.07) is 0. The molecular formula is C14H13Cl3MnN6. The molecule has 0 N–H and O–H groups in total. The summed E-state index contributed by atoms with van der Waals surface area (Å²) in [6.45, 7) is 6.72. The van der Waals surface area contributed by atoms with Gasteiger partial charge in [0.25, 0.3) is 0 Å². The van der Waals surface area contributed by atoms with E-state index in [0.717, 1.165) is 0 Å². The van der Waals surface area contributed by atoms with Gasteiger partial charge < -0.3 is 0 Å². The maximum Gasteiger partial charge on any atom is 0.238 e. The Morgan fingerprint density at radius 2 is 1.04 bits per heavy atom. The maximum atomic E-state index is 5.90. The number of allylic oxidation sites excluding steroid dienone is 2. The molecule has 10 heteroatoms. The molecule has 0 fully saturated rings. The molecule has 3 aromatic rings. The smallest absolute Gasteiger partial charge is 0.226 e. The minimum atomic E-state index is -0.465. The Bertz CT molecular complexity index is 692. The molecule has 3 rings (SSSR count). The molecule has 24 heavy (non-hydrogen) atoms. The Balaban J connectivity index is 0.000000522. The molecule has 6 nitrogen and oxygen atoms in total. The van der Waals surface area contributed by atoms with Crippen LogP contribution in [0.1, 0.15) is 6.29 Å². The standard InChI is InChI=1S/C10H7Cl3N6.C4H6.Mn/c11-7-1-14-17(4-7)10(18-5-8(12)2-15-18)19-6-9(13)3-16-19;1-3-4-2;/h1-6,10H;3-4H,1-2H2;. The van der Waals surface area contributed by atoms with E-state index < -0.39 is 6.29 Å². The summed E-state index contributed by atoms with van der Waals surface area (Å²) in [5.41, 5.74) is 0. The van der Waals surface area contributed by atoms with Gasteiger partial charge in [0, 0.05) is 35.7 Å². The van der Waals surface area contributed by atoms with Gasteiger partial charge in [-0.3, -0.25) is 0 Å². The molecule has 0 aliphatic heterocycles. The second-order valence-electron chi connectivity index (χ2n) is 4.23. The Hall–Kier alpha value is -1.50. The van der Waals surface area contributed by atoms with Gasteiger partial charge in [-0.2, -0.15) is 15.3 Å². The normalized spacial score (nSPS) is 9.83. The fourth-order valence-corrected chi connectivity index (χ4v) is 2.12. The van der Waals surface area contributed by atoms with Gasteiger partial charge in [-0.05, 0) is 0 Å². The van der Waals surface area contributed by atoms with Crippen LogP contribution < -0.4 is 0 Å². The summed E-state index contributed by atoms with van der Waals surface area (Å²) >= 11 is 17.7. The van der Waals surface area contributed by atoms with Crippen molar-refractivity contribution in [1.82, 2.24) is 29.3 Å². The van der Waals surface area contributed by atoms with Crippen LogP contribution in [-0.2, 0) is 17.1 Å². The van der Waals surface area contributed by atoms with Crippen LogP contribution in [0.25, 0.3) is 0 Å². The van der Waals surface area contributed by atoms with Crippen molar-refractivity contribution >= 4 is 34.8 Å². The van der Waals surface area contributed by atoms with Crippen LogP contribution in [0.2, 0.25) is 15.1 Å². The second-order valence-corrected chi connectivity index (χ2v) is 5.54. The second kappa shape index (κ2) is 9.71. The van der Waals surface area contributed by atoms with Gasteiger partial charge in [0.2, 0.25) is 6.29 Å². The van der Waals surface area contributed by atoms with Gasteiger partial charge in [0.05, 0.1) is 33.7 Å². The number of halogens is 3. The SMILES string of the molecule is C=CC=C.Clc1cnn(C(n2cc(Cl)cn2)n2cc(Cl)cn2)c1.[Mn]. The first-order valence-electron chi connectivity index (χ1n) is 6.37. The maximum absolute atomic E-state index is 5.90. The molecule has 0 saturated heterocycles. The quantitative estimate of drug-likeness (QED) is 0.465. The van der Waals surface area contributed by atoms with Crippen molar-refractivity contribution in [2.45, 2.75) is 6.29 Å². The van der Waals surface area contributed by atoms with E-state index >= 15 is 0 Å². The fourth-order valence-electron chi connectivity index (χ4n) is 1.69. The van der Waals surface area contributed by atoms with E-state index in [1.807, 2.05) is 0 Å². The van der Waals surface area contributed by atoms with Crippen LogP contribution in [0.15, 0.2) is 62.5 Å². The number of hydrogen-bond donors (Lipinski definition) is 0. The third kappa shape index (κ3) is 5.26. The summed E-state index contributed by atoms with van der Waals surface area (Å²) < 4.78 is 4.82. The van der Waals surface area contributed by atoms with E-state index in [-0.39, 0.29) is 17.1 Å². The van der Waals surface area contributed by atoms with Crippen molar-refractivity contribution in [2.75, 3.05) is 0 Å². The Morgan fingerprint density at radius 3 is 1.21 bits per heavy atom. The minimum absolute atomic E-state index is 0. The van der Waals surface area contributed by atoms with Crippen LogP contribution in [0.4, 0.5) is 0 Å². The Kier molecular flexibility index (Phi) is 8.31. The molecule has 0 unspecified atom stereocenters. The zero-order valence-electron chi connectivity index (χ0n) is 12.3. The van der Waals surface area contributed by atoms with Crippen molar-refractivity contribution in [3.05, 3.63) is 77.6 Å². The zero-order chi connectivity index (χ0) is 16.8. The Labute approximate surface area is 164 Å². The molecule has 0 bridgehead atoms. The molecule has 0 spiro atoms. The van der Waals surface area contributed by atoms with Crippen molar-refractivity contribution in [2.24, 2.45) is 0 Å². The third-order valence-electron chi connectivity index (χ3n) is 2.59. The monoisotopic (exact) mass is 425 g/mol. The predicted octanol–water partition coefficient (Wildman–Crippen LogP) is 4.14. The Morgan fingerprint density at radius 1 is 0.750 bits per heavy atom. The van der Waals surface area contributed by atoms with Crippen LogP contribution >= 0.6 is 34.8 Å². The largest absolute Gasteiger partial charge is 0.238 e. The topological polar surface area (TPSA) is 53.5 Å². The molecule has 127 valence electrons. The molecule has 0 aromatic carbocycles. The molecule has 3 heterocycles. The summed E-state index contributed by atoms with van der Waals surface area (Å²) in [5.74, 6) is 0. The average molecular weight is 427 g/mol. The zero-order valence-corrected chi connectivity index (χ0v) is 15.8. The van der Waals surface area contributed by atoms with E-state index in [0.29, 0.717) is 15.1 Å². The minimum Gasteiger partial charge on any atom is -0.226 e. The van der Waals surface area contributed by atoms with Gasteiger partial charge in [-0.1, -0.05) is 60.1 Å². The number of nitrogens with zero attached hydrogens (tertiary/aromatic N) is 6. The van der Waals surface area contributed by atoms with Crippen molar-refractivity contribution in [3.63, 3.8) is 0 Å². The first kappa shape index (κ1) is 20.5. The number of rotatable bonds is 4. The number of aromatic nitrogens is 6. The molecule has 0 saturated carbocycles. The van der Waals surface area contributed by atoms with E-state index in [1.54, 1.807) is 44.8 Å². The molecule has 0 amide bonds. The molecule has 3 aromatic heterocycles. The van der Waals surface area contributed by atoms with E-state index in [9.17, 15) is 0 Å². The summed E-state index contributed by atoms with van der Waals surface area (Å²) in [6.07, 6.45) is 12.4. The first-order valence-corrected chi connectivity index (χ1v) is 7.51. The van der Waals surface area contributed by atoms with E-state index in [1.165, 1.54) is 18.6 Å². The summed E-state index contributed by atoms with van der Waals surface area (Å²) in [5, 5.41) is 14.0. The summed E-state index contributed by atoms with van der Waals surface area (Å²) in [4.78, 5) is 0. The van der Waals surface area contributed by atoms with Gasteiger partial charge in [0.15, 0.2) is 0 Å². The van der Waals surface area contributed by atoms with E-state index in [2.05, 4.69) is 28.5 Å². The molecule has 1 radical (unpaired) electrons. The van der Waals surface area contributed by atoms with Gasteiger partial charge in [0.1, 0.15) is 0 Å². The van der Waals surface area contributed by atoms with Crippen molar-refractivity contribution in [3.8, 4) is 0 Å². The predicted molar refractivity (Wildman–Crippen MR) is 91.9 cm³/mol. The van der Waals surface area contributed by atoms with Gasteiger partial charge in [-0.25, -0.2) is 14.0 Å². The third-order valence-corrected chi connectivity index (χ3v) is 3.17. The van der Waals surface area contributed by atoms with E-state index in [4.69, 9.17) is 34.8 Å². The molecule has 0 aliphatic carbocycles. The van der Waals surface area contributed by atoms with Gasteiger partial charge >= 0.3 is 0 Å². The van der Waals surface area contributed by atoms with Crippen LogP contribution in [0, 0.1) is 0 Å². The fraction of sp³-hybridized carbons (Fsp3) is 0.0714. The average Bonchev–Trinajstić information content (AvgIpc) is 3.24. The molecule has 0 atom stereocenters. The van der Waals surface area contributed by atoms with Crippen LogP contribution in [0.5, 0.6) is 0 Å². The molecular weight excluding hydrogens is 413 g/mol. The number of hydrogen-bond acceptors (Lipinski definition) is 3. The first-order chi connectivity index (χ1) is 11.0. The summed E-state index contributed by atoms with van der Waals surface area (Å²) in [7, 11) is 0. The van der Waals surface area contributed by atoms with Gasteiger partial charge in [-0.15, -0.1) is 0 Å². The van der Waals surface area contributed by atoms with Crippen LogP contribution in [0.3, 0.4) is 0 Å².